The largest absolute Gasteiger partial charge is 0.348 e. The molecule has 0 radical (unpaired) electrons. The van der Waals surface area contributed by atoms with E-state index < -0.39 is 0 Å². The molecule has 1 heterocycles. The summed E-state index contributed by atoms with van der Waals surface area (Å²) in [4.78, 5) is 15.6. The van der Waals surface area contributed by atoms with Crippen LogP contribution in [0.4, 0.5) is 0 Å². The van der Waals surface area contributed by atoms with Gasteiger partial charge in [0.25, 0.3) is 5.91 Å². The Kier molecular flexibility index (Phi) is 2.77. The van der Waals surface area contributed by atoms with Gasteiger partial charge in [-0.3, -0.25) is 9.78 Å². The van der Waals surface area contributed by atoms with Gasteiger partial charge >= 0.3 is 0 Å². The van der Waals surface area contributed by atoms with E-state index in [-0.39, 0.29) is 5.91 Å². The second-order valence-corrected chi connectivity index (χ2v) is 3.67. The Morgan fingerprint density at radius 3 is 2.79 bits per heavy atom. The molecule has 1 fully saturated rings. The molecule has 0 aliphatic heterocycles. The van der Waals surface area contributed by atoms with Crippen molar-refractivity contribution < 1.29 is 4.79 Å². The minimum Gasteiger partial charge on any atom is -0.348 e. The summed E-state index contributed by atoms with van der Waals surface area (Å²) in [6.45, 7) is 0. The fraction of sp³-hybridized carbons (Fsp3) is 0.455. The summed E-state index contributed by atoms with van der Waals surface area (Å²) in [6.07, 6.45) is 6.32. The number of carbonyl (C=O) groups is 1. The second kappa shape index (κ2) is 4.22. The first-order valence-electron chi connectivity index (χ1n) is 5.08. The monoisotopic (exact) mass is 190 g/mol. The summed E-state index contributed by atoms with van der Waals surface area (Å²) in [5.74, 6) is -0.0440. The number of nitrogens with one attached hydrogen (secondary N) is 1. The quantitative estimate of drug-likeness (QED) is 0.772. The molecular weight excluding hydrogens is 176 g/mol. The van der Waals surface area contributed by atoms with Gasteiger partial charge in [-0.1, -0.05) is 18.9 Å². The molecule has 3 heteroatoms. The Morgan fingerprint density at radius 2 is 2.14 bits per heavy atom. The van der Waals surface area contributed by atoms with E-state index in [2.05, 4.69) is 10.3 Å². The lowest BCUT2D eigenvalue weighted by Crippen LogP contribution is -2.33. The average molecular weight is 190 g/mol. The third-order valence-electron chi connectivity index (χ3n) is 2.59. The highest BCUT2D eigenvalue weighted by Crippen LogP contribution is 2.17. The predicted molar refractivity (Wildman–Crippen MR) is 54.0 cm³/mol. The fourth-order valence-corrected chi connectivity index (χ4v) is 1.83. The summed E-state index contributed by atoms with van der Waals surface area (Å²) in [6, 6.07) is 5.75. The summed E-state index contributed by atoms with van der Waals surface area (Å²) < 4.78 is 0. The van der Waals surface area contributed by atoms with Crippen LogP contribution in [-0.2, 0) is 0 Å². The van der Waals surface area contributed by atoms with Crippen molar-refractivity contribution in [3.63, 3.8) is 0 Å². The zero-order chi connectivity index (χ0) is 9.80. The molecule has 3 nitrogen and oxygen atoms in total. The molecule has 0 aromatic carbocycles. The number of hydrogen-bond acceptors (Lipinski definition) is 2. The van der Waals surface area contributed by atoms with Gasteiger partial charge in [0.15, 0.2) is 0 Å². The molecule has 0 atom stereocenters. The highest BCUT2D eigenvalue weighted by Gasteiger charge is 2.17. The van der Waals surface area contributed by atoms with E-state index in [1.54, 1.807) is 12.3 Å². The Balaban J connectivity index is 1.95. The zero-order valence-electron chi connectivity index (χ0n) is 8.07. The molecule has 1 aliphatic carbocycles. The van der Waals surface area contributed by atoms with Crippen LogP contribution in [0.1, 0.15) is 36.2 Å². The van der Waals surface area contributed by atoms with Crippen molar-refractivity contribution in [2.75, 3.05) is 0 Å². The molecule has 1 N–H and O–H groups in total. The molecule has 74 valence electrons. The minimum atomic E-state index is -0.0440. The maximum absolute atomic E-state index is 11.6. The van der Waals surface area contributed by atoms with Gasteiger partial charge in [0.05, 0.1) is 0 Å². The van der Waals surface area contributed by atoms with Gasteiger partial charge in [-0.05, 0) is 25.0 Å². The molecule has 1 amide bonds. The molecule has 0 bridgehead atoms. The molecule has 0 unspecified atom stereocenters. The molecular formula is C11H14N2O. The Hall–Kier alpha value is -1.38. The van der Waals surface area contributed by atoms with Gasteiger partial charge in [0.1, 0.15) is 5.69 Å². The van der Waals surface area contributed by atoms with E-state index in [0.717, 1.165) is 12.8 Å². The van der Waals surface area contributed by atoms with Gasteiger partial charge in [-0.2, -0.15) is 0 Å². The summed E-state index contributed by atoms with van der Waals surface area (Å²) in [7, 11) is 0. The standard InChI is InChI=1S/C11H14N2O/c14-11(10-7-3-4-8-12-10)13-9-5-1-2-6-9/h3-4,7-9H,1-2,5-6H2,(H,13,14). The molecule has 1 aromatic rings. The lowest BCUT2D eigenvalue weighted by molar-refractivity contribution is 0.0933. The number of aromatic nitrogens is 1. The van der Waals surface area contributed by atoms with E-state index in [0.29, 0.717) is 11.7 Å². The lowest BCUT2D eigenvalue weighted by Gasteiger charge is -2.10. The predicted octanol–water partition coefficient (Wildman–Crippen LogP) is 1.75. The first kappa shape index (κ1) is 9.19. The van der Waals surface area contributed by atoms with Crippen LogP contribution < -0.4 is 5.32 Å². The van der Waals surface area contributed by atoms with Crippen LogP contribution >= 0.6 is 0 Å². The van der Waals surface area contributed by atoms with Crippen molar-refractivity contribution in [3.05, 3.63) is 30.1 Å². The third-order valence-corrected chi connectivity index (χ3v) is 2.59. The van der Waals surface area contributed by atoms with E-state index in [4.69, 9.17) is 0 Å². The number of amides is 1. The molecule has 1 aromatic heterocycles. The molecule has 0 saturated heterocycles. The number of nitrogens with zero attached hydrogens (tertiary/aromatic N) is 1. The smallest absolute Gasteiger partial charge is 0.270 e. The van der Waals surface area contributed by atoms with Crippen LogP contribution in [0.3, 0.4) is 0 Å². The number of hydrogen-bond donors (Lipinski definition) is 1. The van der Waals surface area contributed by atoms with Crippen molar-refractivity contribution in [1.82, 2.24) is 10.3 Å². The van der Waals surface area contributed by atoms with Crippen LogP contribution in [0.5, 0.6) is 0 Å². The van der Waals surface area contributed by atoms with Crippen LogP contribution in [0.15, 0.2) is 24.4 Å². The zero-order valence-corrected chi connectivity index (χ0v) is 8.07. The van der Waals surface area contributed by atoms with E-state index in [1.165, 1.54) is 12.8 Å². The minimum absolute atomic E-state index is 0.0440. The normalized spacial score (nSPS) is 16.9. The number of rotatable bonds is 2. The van der Waals surface area contributed by atoms with Crippen LogP contribution in [-0.4, -0.2) is 16.9 Å². The first-order valence-corrected chi connectivity index (χ1v) is 5.08. The van der Waals surface area contributed by atoms with Gasteiger partial charge < -0.3 is 5.32 Å². The maximum atomic E-state index is 11.6. The summed E-state index contributed by atoms with van der Waals surface area (Å²) >= 11 is 0. The van der Waals surface area contributed by atoms with Gasteiger partial charge in [0.2, 0.25) is 0 Å². The highest BCUT2D eigenvalue weighted by atomic mass is 16.1. The number of carbonyl (C=O) groups excluding carboxylic acids is 1. The topological polar surface area (TPSA) is 42.0 Å². The van der Waals surface area contributed by atoms with E-state index in [9.17, 15) is 4.79 Å². The molecule has 14 heavy (non-hydrogen) atoms. The molecule has 0 spiro atoms. The van der Waals surface area contributed by atoms with Gasteiger partial charge in [-0.15, -0.1) is 0 Å². The van der Waals surface area contributed by atoms with Crippen molar-refractivity contribution in [1.29, 1.82) is 0 Å². The first-order chi connectivity index (χ1) is 6.86. The summed E-state index contributed by atoms with van der Waals surface area (Å²) in [5.41, 5.74) is 0.513. The maximum Gasteiger partial charge on any atom is 0.270 e. The lowest BCUT2D eigenvalue weighted by atomic mass is 10.2. The van der Waals surface area contributed by atoms with Gasteiger partial charge in [0, 0.05) is 12.2 Å². The van der Waals surface area contributed by atoms with Crippen molar-refractivity contribution >= 4 is 5.91 Å². The SMILES string of the molecule is O=C(NC1CCCC1)c1ccccn1. The van der Waals surface area contributed by atoms with Crippen LogP contribution in [0.25, 0.3) is 0 Å². The van der Waals surface area contributed by atoms with E-state index in [1.807, 2.05) is 12.1 Å². The van der Waals surface area contributed by atoms with Crippen LogP contribution in [0, 0.1) is 0 Å². The number of pyridine rings is 1. The third kappa shape index (κ3) is 2.10. The fourth-order valence-electron chi connectivity index (χ4n) is 1.83. The molecule has 2 rings (SSSR count). The highest BCUT2D eigenvalue weighted by molar-refractivity contribution is 5.92. The second-order valence-electron chi connectivity index (χ2n) is 3.67. The Morgan fingerprint density at radius 1 is 1.36 bits per heavy atom. The van der Waals surface area contributed by atoms with Crippen molar-refractivity contribution in [2.24, 2.45) is 0 Å². The van der Waals surface area contributed by atoms with Crippen LogP contribution in [0.2, 0.25) is 0 Å². The average Bonchev–Trinajstić information content (AvgIpc) is 2.72. The van der Waals surface area contributed by atoms with Crippen molar-refractivity contribution in [3.8, 4) is 0 Å². The Labute approximate surface area is 83.5 Å². The summed E-state index contributed by atoms with van der Waals surface area (Å²) in [5, 5.41) is 2.99. The molecule has 1 aliphatic rings. The molecule has 1 saturated carbocycles. The van der Waals surface area contributed by atoms with Gasteiger partial charge in [-0.25, -0.2) is 0 Å². The van der Waals surface area contributed by atoms with Crippen molar-refractivity contribution in [2.45, 2.75) is 31.7 Å². The van der Waals surface area contributed by atoms with E-state index >= 15 is 0 Å². The Bertz CT molecular complexity index is 304.